The van der Waals surface area contributed by atoms with Gasteiger partial charge in [-0.2, -0.15) is 0 Å². The average Bonchev–Trinajstić information content (AvgIpc) is 3.16. The molecule has 0 radical (unpaired) electrons. The molecule has 6 nitrogen and oxygen atoms in total. The van der Waals surface area contributed by atoms with Crippen molar-refractivity contribution in [2.45, 2.75) is 263 Å². The molecule has 314 valence electrons. The van der Waals surface area contributed by atoms with Crippen LogP contribution in [0, 0.1) is 0 Å². The number of aliphatic hydroxyl groups excluding tert-OH is 4. The number of carbonyl (C=O) groups is 1. The lowest BCUT2D eigenvalue weighted by molar-refractivity contribution is -0.132. The first-order valence-electron chi connectivity index (χ1n) is 23.2. The molecule has 0 saturated carbocycles. The van der Waals surface area contributed by atoms with E-state index in [4.69, 9.17) is 0 Å². The van der Waals surface area contributed by atoms with Crippen LogP contribution < -0.4 is 5.32 Å². The maximum absolute atomic E-state index is 12.5. The molecule has 0 fully saturated rings. The van der Waals surface area contributed by atoms with E-state index >= 15 is 0 Å². The van der Waals surface area contributed by atoms with Gasteiger partial charge in [-0.15, -0.1) is 0 Å². The van der Waals surface area contributed by atoms with E-state index in [2.05, 4.69) is 43.5 Å². The molecule has 0 aliphatic carbocycles. The molecule has 0 saturated heterocycles. The molecule has 6 heteroatoms. The highest BCUT2D eigenvalue weighted by Gasteiger charge is 2.28. The Bertz CT molecular complexity index is 802. The normalized spacial score (nSPS) is 14.3. The van der Waals surface area contributed by atoms with Gasteiger partial charge in [0.05, 0.1) is 18.8 Å². The van der Waals surface area contributed by atoms with E-state index in [0.29, 0.717) is 19.3 Å². The fraction of sp³-hybridized carbons (Fsp3) is 0.894. The molecule has 5 N–H and O–H groups in total. The molecular formula is C47H91NO5. The van der Waals surface area contributed by atoms with Crippen LogP contribution in [0.25, 0.3) is 0 Å². The van der Waals surface area contributed by atoms with E-state index < -0.39 is 36.9 Å². The number of rotatable bonds is 42. The summed E-state index contributed by atoms with van der Waals surface area (Å²) in [5.74, 6) is -0.595. The van der Waals surface area contributed by atoms with Gasteiger partial charge in [0, 0.05) is 0 Å². The second-order valence-corrected chi connectivity index (χ2v) is 16.1. The van der Waals surface area contributed by atoms with Crippen molar-refractivity contribution in [3.8, 4) is 0 Å². The number of unbranched alkanes of at least 4 members (excludes halogenated alkanes) is 29. The van der Waals surface area contributed by atoms with Crippen LogP contribution in [0.5, 0.6) is 0 Å². The van der Waals surface area contributed by atoms with Gasteiger partial charge in [-0.05, 0) is 51.4 Å². The Labute approximate surface area is 329 Å². The summed E-state index contributed by atoms with van der Waals surface area (Å²) in [6.45, 7) is 4.05. The number of nitrogens with one attached hydrogen (secondary N) is 1. The average molecular weight is 750 g/mol. The lowest BCUT2D eigenvalue weighted by Crippen LogP contribution is -2.53. The summed E-state index contributed by atoms with van der Waals surface area (Å²) in [4.78, 5) is 12.5. The molecule has 4 atom stereocenters. The van der Waals surface area contributed by atoms with E-state index in [1.165, 1.54) is 167 Å². The van der Waals surface area contributed by atoms with Crippen LogP contribution >= 0.6 is 0 Å². The topological polar surface area (TPSA) is 110 Å². The highest BCUT2D eigenvalue weighted by Crippen LogP contribution is 2.16. The van der Waals surface area contributed by atoms with Gasteiger partial charge >= 0.3 is 0 Å². The molecule has 0 aliphatic heterocycles. The van der Waals surface area contributed by atoms with Gasteiger partial charge in [0.1, 0.15) is 12.2 Å². The minimum absolute atomic E-state index is 0.364. The molecule has 0 aromatic carbocycles. The summed E-state index contributed by atoms with van der Waals surface area (Å²) in [5, 5.41) is 43.7. The van der Waals surface area contributed by atoms with Gasteiger partial charge in [0.15, 0.2) is 0 Å². The maximum atomic E-state index is 12.5. The Balaban J connectivity index is 3.77. The van der Waals surface area contributed by atoms with Crippen LogP contribution in [0.15, 0.2) is 24.3 Å². The maximum Gasteiger partial charge on any atom is 0.249 e. The van der Waals surface area contributed by atoms with Gasteiger partial charge in [-0.1, -0.05) is 212 Å². The smallest absolute Gasteiger partial charge is 0.249 e. The molecule has 1 amide bonds. The number of hydrogen-bond donors (Lipinski definition) is 5. The fourth-order valence-corrected chi connectivity index (χ4v) is 7.19. The van der Waals surface area contributed by atoms with Crippen molar-refractivity contribution in [2.24, 2.45) is 0 Å². The third-order valence-electron chi connectivity index (χ3n) is 10.9. The summed E-state index contributed by atoms with van der Waals surface area (Å²) < 4.78 is 0. The lowest BCUT2D eigenvalue weighted by Gasteiger charge is -2.27. The van der Waals surface area contributed by atoms with Crippen molar-refractivity contribution in [2.75, 3.05) is 6.61 Å². The quantitative estimate of drug-likeness (QED) is 0.0315. The van der Waals surface area contributed by atoms with Gasteiger partial charge in [0.25, 0.3) is 0 Å². The molecule has 0 bridgehead atoms. The second-order valence-electron chi connectivity index (χ2n) is 16.1. The minimum Gasteiger partial charge on any atom is -0.394 e. The molecule has 0 aromatic rings. The van der Waals surface area contributed by atoms with Gasteiger partial charge in [0.2, 0.25) is 5.91 Å². The summed E-state index contributed by atoms with van der Waals surface area (Å²) in [7, 11) is 0. The Kier molecular flexibility index (Phi) is 41.0. The first-order valence-corrected chi connectivity index (χ1v) is 23.2. The highest BCUT2D eigenvalue weighted by atomic mass is 16.3. The van der Waals surface area contributed by atoms with Crippen LogP contribution in [-0.2, 0) is 4.79 Å². The zero-order chi connectivity index (χ0) is 38.9. The van der Waals surface area contributed by atoms with Crippen molar-refractivity contribution in [3.05, 3.63) is 24.3 Å². The van der Waals surface area contributed by atoms with Crippen molar-refractivity contribution in [3.63, 3.8) is 0 Å². The Morgan fingerprint density at radius 2 is 0.792 bits per heavy atom. The van der Waals surface area contributed by atoms with Crippen molar-refractivity contribution in [1.82, 2.24) is 5.32 Å². The van der Waals surface area contributed by atoms with Crippen molar-refractivity contribution < 1.29 is 25.2 Å². The summed E-state index contributed by atoms with van der Waals surface area (Å²) >= 11 is 0. The van der Waals surface area contributed by atoms with Gasteiger partial charge < -0.3 is 25.7 Å². The van der Waals surface area contributed by atoms with E-state index in [1.54, 1.807) is 0 Å². The lowest BCUT2D eigenvalue weighted by atomic mass is 10.00. The SMILES string of the molecule is CCCCCCCCCCCCCC/C=C/CC/C=C/CCCC(O)C(O)C(CO)NC(=O)C(O)CCCCCCCCCCCCCCCCCC. The zero-order valence-corrected chi connectivity index (χ0v) is 35.3. The molecule has 4 unspecified atom stereocenters. The number of hydrogen-bond acceptors (Lipinski definition) is 5. The van der Waals surface area contributed by atoms with Crippen LogP contribution in [0.2, 0.25) is 0 Å². The van der Waals surface area contributed by atoms with E-state index in [9.17, 15) is 25.2 Å². The third-order valence-corrected chi connectivity index (χ3v) is 10.9. The van der Waals surface area contributed by atoms with Crippen LogP contribution in [-0.4, -0.2) is 57.3 Å². The fourth-order valence-electron chi connectivity index (χ4n) is 7.19. The Morgan fingerprint density at radius 1 is 0.453 bits per heavy atom. The van der Waals surface area contributed by atoms with Crippen LogP contribution in [0.4, 0.5) is 0 Å². The number of allylic oxidation sites excluding steroid dienone is 4. The van der Waals surface area contributed by atoms with Crippen LogP contribution in [0.3, 0.4) is 0 Å². The molecule has 0 spiro atoms. The zero-order valence-electron chi connectivity index (χ0n) is 35.3. The molecule has 53 heavy (non-hydrogen) atoms. The first-order chi connectivity index (χ1) is 26.0. The number of carbonyl (C=O) groups excluding carboxylic acids is 1. The monoisotopic (exact) mass is 750 g/mol. The summed E-state index contributed by atoms with van der Waals surface area (Å²) in [6, 6.07) is -1.00. The molecular weight excluding hydrogens is 659 g/mol. The van der Waals surface area contributed by atoms with Crippen LogP contribution in [0.1, 0.15) is 239 Å². The summed E-state index contributed by atoms with van der Waals surface area (Å²) in [5.41, 5.74) is 0. The van der Waals surface area contributed by atoms with Gasteiger partial charge in [-0.25, -0.2) is 0 Å². The number of amides is 1. The van der Waals surface area contributed by atoms with E-state index in [-0.39, 0.29) is 0 Å². The molecule has 0 aromatic heterocycles. The Morgan fingerprint density at radius 3 is 1.19 bits per heavy atom. The summed E-state index contributed by atoms with van der Waals surface area (Å²) in [6.07, 6.45) is 47.9. The van der Waals surface area contributed by atoms with Crippen molar-refractivity contribution in [1.29, 1.82) is 0 Å². The Hall–Kier alpha value is -1.21. The number of aliphatic hydroxyl groups is 4. The second kappa shape index (κ2) is 41.9. The predicted molar refractivity (Wildman–Crippen MR) is 228 cm³/mol. The predicted octanol–water partition coefficient (Wildman–Crippen LogP) is 12.4. The van der Waals surface area contributed by atoms with E-state index in [0.717, 1.165) is 38.5 Å². The highest BCUT2D eigenvalue weighted by molar-refractivity contribution is 5.80. The first kappa shape index (κ1) is 51.8. The third kappa shape index (κ3) is 36.2. The minimum atomic E-state index is -1.29. The largest absolute Gasteiger partial charge is 0.394 e. The molecule has 0 aliphatic rings. The van der Waals surface area contributed by atoms with Crippen molar-refractivity contribution >= 4 is 5.91 Å². The van der Waals surface area contributed by atoms with Gasteiger partial charge in [-0.3, -0.25) is 4.79 Å². The molecule has 0 rings (SSSR count). The molecule has 0 heterocycles. The standard InChI is InChI=1S/C47H91NO5/c1-3-5-7-9-11-13-15-17-19-21-22-23-24-25-27-28-30-32-34-36-38-40-44(50)46(52)43(42-49)48-47(53)45(51)41-39-37-35-33-31-29-26-20-18-16-14-12-10-8-6-4-2/h25,27,32,34,43-46,49-52H,3-24,26,28-31,33,35-42H2,1-2H3,(H,48,53)/b27-25+,34-32+. The van der Waals surface area contributed by atoms with E-state index in [1.807, 2.05) is 0 Å².